The minimum Gasteiger partial charge on any atom is -0.486 e. The molecule has 1 aliphatic heterocycles. The van der Waals surface area contributed by atoms with Gasteiger partial charge < -0.3 is 14.8 Å². The van der Waals surface area contributed by atoms with Crippen LogP contribution in [0.25, 0.3) is 10.2 Å². The maximum Gasteiger partial charge on any atom is 0.143 e. The molecule has 6 heteroatoms. The van der Waals surface area contributed by atoms with Gasteiger partial charge in [-0.15, -0.1) is 11.3 Å². The van der Waals surface area contributed by atoms with Crippen LogP contribution in [-0.4, -0.2) is 29.3 Å². The third kappa shape index (κ3) is 3.45. The Morgan fingerprint density at radius 1 is 1.28 bits per heavy atom. The van der Waals surface area contributed by atoms with Crippen molar-refractivity contribution in [2.45, 2.75) is 32.3 Å². The molecule has 130 valence electrons. The Hall–Kier alpha value is -2.18. The van der Waals surface area contributed by atoms with Crippen LogP contribution in [0.4, 0.5) is 11.5 Å². The zero-order valence-electron chi connectivity index (χ0n) is 14.4. The number of benzene rings is 1. The number of hydrogen-bond donors (Lipinski definition) is 1. The fourth-order valence-electron chi connectivity index (χ4n) is 2.84. The molecule has 1 unspecified atom stereocenters. The van der Waals surface area contributed by atoms with E-state index in [0.29, 0.717) is 12.5 Å². The van der Waals surface area contributed by atoms with Gasteiger partial charge in [-0.3, -0.25) is 0 Å². The van der Waals surface area contributed by atoms with Crippen molar-refractivity contribution in [3.05, 3.63) is 41.5 Å². The Kier molecular flexibility index (Phi) is 4.55. The van der Waals surface area contributed by atoms with Gasteiger partial charge in [-0.25, -0.2) is 9.97 Å². The van der Waals surface area contributed by atoms with Gasteiger partial charge in [0.25, 0.3) is 0 Å². The number of thiophene rings is 1. The van der Waals surface area contributed by atoms with Crippen molar-refractivity contribution < 1.29 is 9.47 Å². The maximum absolute atomic E-state index is 6.11. The normalized spacial score (nSPS) is 17.3. The van der Waals surface area contributed by atoms with Crippen molar-refractivity contribution in [2.24, 2.45) is 0 Å². The maximum atomic E-state index is 6.11. The van der Waals surface area contributed by atoms with Gasteiger partial charge in [0.1, 0.15) is 28.8 Å². The number of rotatable bonds is 5. The molecule has 0 bridgehead atoms. The van der Waals surface area contributed by atoms with Crippen LogP contribution >= 0.6 is 11.3 Å². The molecule has 25 heavy (non-hydrogen) atoms. The molecule has 1 saturated heterocycles. The highest BCUT2D eigenvalue weighted by Crippen LogP contribution is 2.35. The third-order valence-corrected chi connectivity index (χ3v) is 5.58. The van der Waals surface area contributed by atoms with Gasteiger partial charge in [0.2, 0.25) is 0 Å². The van der Waals surface area contributed by atoms with Crippen molar-refractivity contribution in [1.29, 1.82) is 0 Å². The summed E-state index contributed by atoms with van der Waals surface area (Å²) in [6, 6.07) is 10.1. The van der Waals surface area contributed by atoms with Crippen molar-refractivity contribution >= 4 is 33.1 Å². The summed E-state index contributed by atoms with van der Waals surface area (Å²) >= 11 is 1.72. The summed E-state index contributed by atoms with van der Waals surface area (Å²) in [6.07, 6.45) is 2.65. The van der Waals surface area contributed by atoms with Gasteiger partial charge in [0.05, 0.1) is 24.3 Å². The number of ether oxygens (including phenoxy) is 2. The topological polar surface area (TPSA) is 56.3 Å². The summed E-state index contributed by atoms with van der Waals surface area (Å²) < 4.78 is 11.5. The van der Waals surface area contributed by atoms with Crippen LogP contribution < -0.4 is 10.1 Å². The van der Waals surface area contributed by atoms with Crippen LogP contribution in [0.5, 0.6) is 5.75 Å². The average molecular weight is 355 g/mol. The first kappa shape index (κ1) is 16.3. The number of aromatic nitrogens is 2. The van der Waals surface area contributed by atoms with E-state index < -0.39 is 0 Å². The number of fused-ring (bicyclic) bond motifs is 1. The van der Waals surface area contributed by atoms with Crippen LogP contribution in [0.3, 0.4) is 0 Å². The molecule has 1 fully saturated rings. The Balaban J connectivity index is 1.65. The first-order valence-corrected chi connectivity index (χ1v) is 9.37. The lowest BCUT2D eigenvalue weighted by Crippen LogP contribution is -2.16. The number of para-hydroxylation sites is 2. The highest BCUT2D eigenvalue weighted by molar-refractivity contribution is 7.18. The Morgan fingerprint density at radius 2 is 2.16 bits per heavy atom. The summed E-state index contributed by atoms with van der Waals surface area (Å²) in [5, 5.41) is 4.48. The first-order valence-electron chi connectivity index (χ1n) is 8.55. The smallest absolute Gasteiger partial charge is 0.143 e. The van der Waals surface area contributed by atoms with E-state index in [4.69, 9.17) is 9.47 Å². The van der Waals surface area contributed by atoms with Crippen LogP contribution in [0, 0.1) is 0 Å². The zero-order valence-corrected chi connectivity index (χ0v) is 15.2. The van der Waals surface area contributed by atoms with E-state index in [0.717, 1.165) is 40.5 Å². The Labute approximate surface area is 151 Å². The molecule has 0 spiro atoms. The molecule has 1 aliphatic rings. The molecule has 0 aliphatic carbocycles. The average Bonchev–Trinajstić information content (AvgIpc) is 3.26. The molecule has 1 aromatic carbocycles. The first-order chi connectivity index (χ1) is 12.2. The van der Waals surface area contributed by atoms with E-state index in [2.05, 4.69) is 35.2 Å². The van der Waals surface area contributed by atoms with E-state index in [9.17, 15) is 0 Å². The van der Waals surface area contributed by atoms with Crippen molar-refractivity contribution in [3.8, 4) is 5.75 Å². The van der Waals surface area contributed by atoms with E-state index in [1.165, 1.54) is 4.88 Å². The van der Waals surface area contributed by atoms with Gasteiger partial charge in [-0.1, -0.05) is 26.0 Å². The molecule has 3 aromatic rings. The minimum absolute atomic E-state index is 0.113. The standard InChI is InChI=1S/C19H21N3O2S/c1-12(2)17-9-14-18(20-11-21-19(14)25-17)22-15-5-3-4-6-16(15)24-13-7-8-23-10-13/h3-6,9,11-13H,7-8,10H2,1-2H3,(H,20,21,22). The largest absolute Gasteiger partial charge is 0.486 e. The number of hydrogen-bond acceptors (Lipinski definition) is 6. The summed E-state index contributed by atoms with van der Waals surface area (Å²) in [5.41, 5.74) is 0.909. The molecule has 1 N–H and O–H groups in total. The third-order valence-electron chi connectivity index (χ3n) is 4.24. The molecule has 5 nitrogen and oxygen atoms in total. The Morgan fingerprint density at radius 3 is 2.96 bits per heavy atom. The van der Waals surface area contributed by atoms with Crippen LogP contribution in [0.2, 0.25) is 0 Å². The van der Waals surface area contributed by atoms with E-state index >= 15 is 0 Å². The van der Waals surface area contributed by atoms with Crippen molar-refractivity contribution in [2.75, 3.05) is 18.5 Å². The zero-order chi connectivity index (χ0) is 17.2. The van der Waals surface area contributed by atoms with Crippen LogP contribution in [-0.2, 0) is 4.74 Å². The SMILES string of the molecule is CC(C)c1cc2c(Nc3ccccc3OC3CCOC3)ncnc2s1. The summed E-state index contributed by atoms with van der Waals surface area (Å²) in [6.45, 7) is 5.80. The van der Waals surface area contributed by atoms with Crippen molar-refractivity contribution in [3.63, 3.8) is 0 Å². The van der Waals surface area contributed by atoms with E-state index in [1.807, 2.05) is 24.3 Å². The number of nitrogens with zero attached hydrogens (tertiary/aromatic N) is 2. The predicted octanol–water partition coefficient (Wildman–Crippen LogP) is 4.73. The lowest BCUT2D eigenvalue weighted by molar-refractivity contribution is 0.142. The lowest BCUT2D eigenvalue weighted by Gasteiger charge is -2.16. The van der Waals surface area contributed by atoms with E-state index in [-0.39, 0.29) is 6.10 Å². The second-order valence-corrected chi connectivity index (χ2v) is 7.53. The monoisotopic (exact) mass is 355 g/mol. The van der Waals surface area contributed by atoms with E-state index in [1.54, 1.807) is 17.7 Å². The van der Waals surface area contributed by atoms with Crippen LogP contribution in [0.15, 0.2) is 36.7 Å². The minimum atomic E-state index is 0.113. The van der Waals surface area contributed by atoms with Gasteiger partial charge in [0, 0.05) is 11.3 Å². The molecule has 0 saturated carbocycles. The molecule has 2 aromatic heterocycles. The summed E-state index contributed by atoms with van der Waals surface area (Å²) in [7, 11) is 0. The van der Waals surface area contributed by atoms with Gasteiger partial charge in [-0.05, 0) is 24.1 Å². The van der Waals surface area contributed by atoms with Gasteiger partial charge in [-0.2, -0.15) is 0 Å². The second kappa shape index (κ2) is 6.98. The number of anilines is 2. The molecule has 0 amide bonds. The van der Waals surface area contributed by atoms with Gasteiger partial charge in [0.15, 0.2) is 0 Å². The summed E-state index contributed by atoms with van der Waals surface area (Å²) in [5.74, 6) is 2.11. The molecule has 4 rings (SSSR count). The number of nitrogens with one attached hydrogen (secondary N) is 1. The molecular formula is C19H21N3O2S. The lowest BCUT2D eigenvalue weighted by atomic mass is 10.1. The fourth-order valence-corrected chi connectivity index (χ4v) is 3.85. The quantitative estimate of drug-likeness (QED) is 0.717. The highest BCUT2D eigenvalue weighted by atomic mass is 32.1. The molecule has 3 heterocycles. The van der Waals surface area contributed by atoms with Gasteiger partial charge >= 0.3 is 0 Å². The predicted molar refractivity (Wildman–Crippen MR) is 101 cm³/mol. The van der Waals surface area contributed by atoms with Crippen LogP contribution in [0.1, 0.15) is 31.1 Å². The molecule has 0 radical (unpaired) electrons. The highest BCUT2D eigenvalue weighted by Gasteiger charge is 2.19. The molecule has 1 atom stereocenters. The van der Waals surface area contributed by atoms with Crippen molar-refractivity contribution in [1.82, 2.24) is 9.97 Å². The summed E-state index contributed by atoms with van der Waals surface area (Å²) in [4.78, 5) is 11.2. The second-order valence-electron chi connectivity index (χ2n) is 6.47. The molecular weight excluding hydrogens is 334 g/mol. The Bertz CT molecular complexity index is 872. The fraction of sp³-hybridized carbons (Fsp3) is 0.368.